The van der Waals surface area contributed by atoms with Crippen molar-refractivity contribution in [3.8, 4) is 0 Å². The van der Waals surface area contributed by atoms with Crippen molar-refractivity contribution in [2.75, 3.05) is 0 Å². The Kier molecular flexibility index (Phi) is 11.6. The SMILES string of the molecule is Cc1cc(C)[c-]([Si]2(c3ccccc3)CCCC2)c1C.[Cl-].[Cl-].[Cl-].[Ti+4]. The molecular weight excluding hydrogens is 399 g/mol. The van der Waals surface area contributed by atoms with Crippen molar-refractivity contribution in [1.29, 1.82) is 0 Å². The molecule has 0 amide bonds. The summed E-state index contributed by atoms with van der Waals surface area (Å²) in [5.41, 5.74) is 4.62. The molecule has 1 aliphatic rings. The first-order valence-electron chi connectivity index (χ1n) is 7.45. The first-order valence-corrected chi connectivity index (χ1v) is 9.86. The summed E-state index contributed by atoms with van der Waals surface area (Å²) < 4.78 is 0. The van der Waals surface area contributed by atoms with E-state index in [1.807, 2.05) is 0 Å². The molecule has 0 aliphatic carbocycles. The maximum atomic E-state index is 2.40. The molecule has 124 valence electrons. The first kappa shape index (κ1) is 25.6. The summed E-state index contributed by atoms with van der Waals surface area (Å²) in [5, 5.41) is 3.41. The van der Waals surface area contributed by atoms with Gasteiger partial charge in [-0.05, 0) is 0 Å². The molecule has 5 heteroatoms. The van der Waals surface area contributed by atoms with Crippen LogP contribution in [0.15, 0.2) is 36.4 Å². The van der Waals surface area contributed by atoms with Gasteiger partial charge in [-0.25, -0.2) is 6.07 Å². The van der Waals surface area contributed by atoms with Crippen LogP contribution < -0.4 is 47.6 Å². The van der Waals surface area contributed by atoms with Crippen molar-refractivity contribution in [3.05, 3.63) is 53.1 Å². The number of benzene rings is 1. The zero-order chi connectivity index (χ0) is 13.5. The summed E-state index contributed by atoms with van der Waals surface area (Å²) in [5.74, 6) is 0. The molecule has 2 aromatic rings. The minimum Gasteiger partial charge on any atom is -1.00 e. The molecule has 0 saturated carbocycles. The second-order valence-corrected chi connectivity index (χ2v) is 10.4. The van der Waals surface area contributed by atoms with Gasteiger partial charge in [-0.1, -0.05) is 81.2 Å². The molecule has 0 radical (unpaired) electrons. The van der Waals surface area contributed by atoms with Crippen LogP contribution in [0.5, 0.6) is 0 Å². The zero-order valence-corrected chi connectivity index (χ0v) is 18.8. The average Bonchev–Trinajstić information content (AvgIpc) is 2.98. The molecule has 1 aliphatic heterocycles. The number of hydrogen-bond donors (Lipinski definition) is 0. The van der Waals surface area contributed by atoms with E-state index in [4.69, 9.17) is 0 Å². The van der Waals surface area contributed by atoms with Crippen molar-refractivity contribution in [3.63, 3.8) is 0 Å². The normalized spacial score (nSPS) is 14.7. The van der Waals surface area contributed by atoms with Crippen LogP contribution >= 0.6 is 0 Å². The number of hydrogen-bond acceptors (Lipinski definition) is 0. The molecule has 1 heterocycles. The van der Waals surface area contributed by atoms with Crippen molar-refractivity contribution in [2.45, 2.75) is 45.7 Å². The molecule has 0 atom stereocenters. The van der Waals surface area contributed by atoms with Gasteiger partial charge < -0.3 is 37.2 Å². The van der Waals surface area contributed by atoms with E-state index in [0.29, 0.717) is 0 Å². The predicted molar refractivity (Wildman–Crippen MR) is 86.6 cm³/mol. The standard InChI is InChI=1S/C18H23Si.3ClH.Ti/c1-14-13-15(2)18(16(14)3)19(11-7-8-12-19)17-9-5-4-6-10-17;;;;/h4-6,9-10,13H,7-8,11-12H2,1-3H3;3*1H;/q-1;;;;+4/p-3. The third-order valence-electron chi connectivity index (χ3n) is 5.06. The largest absolute Gasteiger partial charge is 4.00 e. The van der Waals surface area contributed by atoms with Gasteiger partial charge >= 0.3 is 21.7 Å². The van der Waals surface area contributed by atoms with E-state index in [0.717, 1.165) is 0 Å². The van der Waals surface area contributed by atoms with Crippen molar-refractivity contribution < 1.29 is 58.9 Å². The molecule has 23 heavy (non-hydrogen) atoms. The molecule has 0 nitrogen and oxygen atoms in total. The second kappa shape index (κ2) is 10.4. The van der Waals surface area contributed by atoms with E-state index in [2.05, 4.69) is 57.2 Å². The number of rotatable bonds is 2. The van der Waals surface area contributed by atoms with Crippen molar-refractivity contribution in [1.82, 2.24) is 0 Å². The molecule has 0 N–H and O–H groups in total. The third kappa shape index (κ3) is 4.51. The molecule has 1 fully saturated rings. The Morgan fingerprint density at radius 1 is 0.870 bits per heavy atom. The maximum Gasteiger partial charge on any atom is 4.00 e. The van der Waals surface area contributed by atoms with Crippen LogP contribution in [-0.4, -0.2) is 8.07 Å². The summed E-state index contributed by atoms with van der Waals surface area (Å²) in [7, 11) is -1.45. The Bertz CT molecular complexity index is 590. The summed E-state index contributed by atoms with van der Waals surface area (Å²) in [6, 6.07) is 16.7. The van der Waals surface area contributed by atoms with Gasteiger partial charge in [0.05, 0.1) is 8.07 Å². The third-order valence-corrected chi connectivity index (χ3v) is 10.6. The summed E-state index contributed by atoms with van der Waals surface area (Å²) in [6.07, 6.45) is 2.84. The Labute approximate surface area is 175 Å². The molecule has 0 spiro atoms. The molecule has 0 unspecified atom stereocenters. The average molecular weight is 422 g/mol. The fourth-order valence-corrected chi connectivity index (χ4v) is 10.0. The van der Waals surface area contributed by atoms with Gasteiger partial charge in [0.25, 0.3) is 0 Å². The number of halogens is 3. The van der Waals surface area contributed by atoms with Crippen LogP contribution in [0.1, 0.15) is 29.5 Å². The van der Waals surface area contributed by atoms with E-state index in [-0.39, 0.29) is 58.9 Å². The topological polar surface area (TPSA) is 0 Å². The van der Waals surface area contributed by atoms with Gasteiger partial charge in [0.2, 0.25) is 0 Å². The predicted octanol–water partition coefficient (Wildman–Crippen LogP) is -5.30. The van der Waals surface area contributed by atoms with E-state index < -0.39 is 8.07 Å². The van der Waals surface area contributed by atoms with E-state index >= 15 is 0 Å². The minimum absolute atomic E-state index is 0. The van der Waals surface area contributed by atoms with Crippen LogP contribution in [0.4, 0.5) is 0 Å². The minimum atomic E-state index is -1.45. The molecule has 1 saturated heterocycles. The molecule has 2 aromatic carbocycles. The monoisotopic (exact) mass is 420 g/mol. The fourth-order valence-electron chi connectivity index (χ4n) is 4.15. The van der Waals surface area contributed by atoms with Gasteiger partial charge in [-0.15, -0.1) is 5.19 Å². The second-order valence-electron chi connectivity index (χ2n) is 6.17. The van der Waals surface area contributed by atoms with Gasteiger partial charge in [0, 0.05) is 0 Å². The molecular formula is C18H23Cl3SiTi. The molecule has 0 aromatic heterocycles. The van der Waals surface area contributed by atoms with Crippen LogP contribution in [0.3, 0.4) is 0 Å². The van der Waals surface area contributed by atoms with Gasteiger partial charge in [-0.2, -0.15) is 16.7 Å². The van der Waals surface area contributed by atoms with Crippen molar-refractivity contribution in [2.24, 2.45) is 0 Å². The van der Waals surface area contributed by atoms with Crippen LogP contribution in [0.2, 0.25) is 12.1 Å². The Morgan fingerprint density at radius 3 is 1.83 bits per heavy atom. The maximum absolute atomic E-state index is 2.40. The quantitative estimate of drug-likeness (QED) is 0.336. The Morgan fingerprint density at radius 2 is 1.39 bits per heavy atom. The van der Waals surface area contributed by atoms with Crippen LogP contribution in [0.25, 0.3) is 0 Å². The smallest absolute Gasteiger partial charge is 1.00 e. The Hall–Kier alpha value is 0.371. The summed E-state index contributed by atoms with van der Waals surface area (Å²) in [6.45, 7) is 6.94. The van der Waals surface area contributed by atoms with Crippen LogP contribution in [-0.2, 0) is 21.7 Å². The van der Waals surface area contributed by atoms with Crippen molar-refractivity contribution >= 4 is 18.4 Å². The fraction of sp³-hybridized carbons (Fsp3) is 0.389. The first-order chi connectivity index (χ1) is 9.15. The van der Waals surface area contributed by atoms with Gasteiger partial charge in [0.15, 0.2) is 0 Å². The molecule has 3 rings (SSSR count). The van der Waals surface area contributed by atoms with Gasteiger partial charge in [-0.3, -0.25) is 0 Å². The molecule has 0 bridgehead atoms. The van der Waals surface area contributed by atoms with Crippen LogP contribution in [0, 0.1) is 20.8 Å². The summed E-state index contributed by atoms with van der Waals surface area (Å²) >= 11 is 0. The van der Waals surface area contributed by atoms with E-state index in [1.54, 1.807) is 21.5 Å². The van der Waals surface area contributed by atoms with E-state index in [1.165, 1.54) is 30.5 Å². The number of aryl methyl sites for hydroxylation is 2. The summed E-state index contributed by atoms with van der Waals surface area (Å²) in [4.78, 5) is 0. The van der Waals surface area contributed by atoms with Gasteiger partial charge in [0.1, 0.15) is 0 Å². The Balaban J connectivity index is 0. The zero-order valence-electron chi connectivity index (χ0n) is 13.9. The van der Waals surface area contributed by atoms with E-state index in [9.17, 15) is 0 Å².